The highest BCUT2D eigenvalue weighted by Crippen LogP contribution is 2.31. The van der Waals surface area contributed by atoms with Gasteiger partial charge < -0.3 is 15.4 Å². The molecule has 0 aromatic heterocycles. The molecule has 1 amide bonds. The zero-order valence-electron chi connectivity index (χ0n) is 11.5. The van der Waals surface area contributed by atoms with E-state index in [0.29, 0.717) is 12.2 Å². The number of hydrogen-bond acceptors (Lipinski definition) is 3. The van der Waals surface area contributed by atoms with Crippen molar-refractivity contribution >= 4 is 11.6 Å². The van der Waals surface area contributed by atoms with Crippen molar-refractivity contribution < 1.29 is 9.53 Å². The summed E-state index contributed by atoms with van der Waals surface area (Å²) in [5.74, 6) is 0.641. The molecule has 2 aromatic rings. The molecule has 1 atom stereocenters. The van der Waals surface area contributed by atoms with Gasteiger partial charge in [0.05, 0.1) is 5.56 Å². The minimum Gasteiger partial charge on any atom is -0.489 e. The average Bonchev–Trinajstić information content (AvgIpc) is 2.53. The molecule has 1 heterocycles. The van der Waals surface area contributed by atoms with E-state index in [2.05, 4.69) is 17.2 Å². The number of carbonyl (C=O) groups excluding carboxylic acids is 1. The molecule has 106 valence electrons. The molecule has 0 spiro atoms. The lowest BCUT2D eigenvalue weighted by molar-refractivity contribution is 0.0935. The zero-order chi connectivity index (χ0) is 14.7. The Bertz CT molecular complexity index is 682. The van der Waals surface area contributed by atoms with Gasteiger partial charge in [-0.2, -0.15) is 0 Å². The fourth-order valence-electron chi connectivity index (χ4n) is 2.36. The Kier molecular flexibility index (Phi) is 3.60. The maximum Gasteiger partial charge on any atom is 0.255 e. The fraction of sp³-hybridized carbons (Fsp3) is 0.118. The van der Waals surface area contributed by atoms with Gasteiger partial charge >= 0.3 is 0 Å². The van der Waals surface area contributed by atoms with Gasteiger partial charge in [-0.25, -0.2) is 0 Å². The van der Waals surface area contributed by atoms with E-state index >= 15 is 0 Å². The van der Waals surface area contributed by atoms with Gasteiger partial charge in [0.2, 0.25) is 0 Å². The Balaban J connectivity index is 1.92. The second kappa shape index (κ2) is 5.71. The van der Waals surface area contributed by atoms with Gasteiger partial charge in [-0.1, -0.05) is 43.0 Å². The van der Waals surface area contributed by atoms with Crippen molar-refractivity contribution in [1.29, 1.82) is 0 Å². The predicted octanol–water partition coefficient (Wildman–Crippen LogP) is 3.11. The molecule has 0 saturated carbocycles. The first-order valence-corrected chi connectivity index (χ1v) is 6.78. The molecule has 1 aliphatic heterocycles. The van der Waals surface area contributed by atoms with Crippen LogP contribution in [-0.2, 0) is 0 Å². The van der Waals surface area contributed by atoms with Gasteiger partial charge in [-0.15, -0.1) is 0 Å². The third kappa shape index (κ3) is 2.60. The van der Waals surface area contributed by atoms with E-state index in [1.54, 1.807) is 12.1 Å². The first-order valence-electron chi connectivity index (χ1n) is 6.78. The summed E-state index contributed by atoms with van der Waals surface area (Å²) in [6.45, 7) is 4.07. The highest BCUT2D eigenvalue weighted by molar-refractivity contribution is 6.01. The van der Waals surface area contributed by atoms with Crippen LogP contribution in [0, 0.1) is 0 Å². The van der Waals surface area contributed by atoms with Gasteiger partial charge in [-0.05, 0) is 18.2 Å². The molecule has 0 radical (unpaired) electrons. The molecule has 2 aromatic carbocycles. The van der Waals surface area contributed by atoms with Crippen LogP contribution in [0.4, 0.5) is 5.69 Å². The molecular formula is C17H16N2O2. The zero-order valence-corrected chi connectivity index (χ0v) is 11.5. The third-order valence-electron chi connectivity index (χ3n) is 3.33. The lowest BCUT2D eigenvalue weighted by atomic mass is 10.1. The van der Waals surface area contributed by atoms with Crippen molar-refractivity contribution in [2.75, 3.05) is 11.9 Å². The second-order valence-corrected chi connectivity index (χ2v) is 4.73. The quantitative estimate of drug-likeness (QED) is 0.846. The Labute approximate surface area is 123 Å². The third-order valence-corrected chi connectivity index (χ3v) is 3.33. The minimum atomic E-state index is -0.312. The molecule has 0 saturated heterocycles. The van der Waals surface area contributed by atoms with Gasteiger partial charge in [0.1, 0.15) is 18.5 Å². The van der Waals surface area contributed by atoms with E-state index in [0.717, 1.165) is 17.0 Å². The highest BCUT2D eigenvalue weighted by Gasteiger charge is 2.25. The summed E-state index contributed by atoms with van der Waals surface area (Å²) in [5, 5.41) is 6.27. The van der Waals surface area contributed by atoms with Crippen LogP contribution in [0.1, 0.15) is 22.1 Å². The first kappa shape index (κ1) is 13.2. The van der Waals surface area contributed by atoms with E-state index < -0.39 is 0 Å². The van der Waals surface area contributed by atoms with Crippen LogP contribution in [0.5, 0.6) is 5.75 Å². The lowest BCUT2D eigenvalue weighted by Gasteiger charge is -2.29. The number of rotatable bonds is 4. The summed E-state index contributed by atoms with van der Waals surface area (Å²) < 4.78 is 5.65. The highest BCUT2D eigenvalue weighted by atomic mass is 16.5. The predicted molar refractivity (Wildman–Crippen MR) is 82.4 cm³/mol. The van der Waals surface area contributed by atoms with Gasteiger partial charge in [0.15, 0.2) is 0 Å². The molecule has 1 aliphatic rings. The summed E-state index contributed by atoms with van der Waals surface area (Å²) in [7, 11) is 0. The average molecular weight is 280 g/mol. The van der Waals surface area contributed by atoms with Crippen molar-refractivity contribution in [3.05, 3.63) is 72.3 Å². The van der Waals surface area contributed by atoms with Gasteiger partial charge in [0, 0.05) is 11.3 Å². The Hall–Kier alpha value is -2.75. The van der Waals surface area contributed by atoms with E-state index in [-0.39, 0.29) is 12.1 Å². The largest absolute Gasteiger partial charge is 0.489 e. The number of hydrogen-bond donors (Lipinski definition) is 2. The van der Waals surface area contributed by atoms with Crippen molar-refractivity contribution in [1.82, 2.24) is 5.32 Å². The topological polar surface area (TPSA) is 50.4 Å². The number of benzene rings is 2. The van der Waals surface area contributed by atoms with Crippen LogP contribution in [0.25, 0.3) is 0 Å². The van der Waals surface area contributed by atoms with Crippen molar-refractivity contribution in [2.45, 2.75) is 6.17 Å². The molecule has 0 aliphatic carbocycles. The molecule has 4 nitrogen and oxygen atoms in total. The molecule has 4 heteroatoms. The summed E-state index contributed by atoms with van der Waals surface area (Å²) in [4.78, 5) is 12.2. The number of carbonyl (C=O) groups is 1. The smallest absolute Gasteiger partial charge is 0.255 e. The number of fused-ring (bicyclic) bond motifs is 1. The Morgan fingerprint density at radius 2 is 1.86 bits per heavy atom. The van der Waals surface area contributed by atoms with Crippen LogP contribution >= 0.6 is 0 Å². The SMILES string of the molecule is C=CCOc1ccccc1C1NC(=O)c2ccccc2N1. The Morgan fingerprint density at radius 1 is 1.10 bits per heavy atom. The summed E-state index contributed by atoms with van der Waals surface area (Å²) in [6.07, 6.45) is 1.38. The van der Waals surface area contributed by atoms with Crippen LogP contribution in [0.2, 0.25) is 0 Å². The van der Waals surface area contributed by atoms with Crippen LogP contribution in [0.3, 0.4) is 0 Å². The van der Waals surface area contributed by atoms with Crippen LogP contribution < -0.4 is 15.4 Å². The number of nitrogens with one attached hydrogen (secondary N) is 2. The maximum absolute atomic E-state index is 12.2. The van der Waals surface area contributed by atoms with Gasteiger partial charge in [-0.3, -0.25) is 4.79 Å². The van der Waals surface area contributed by atoms with Gasteiger partial charge in [0.25, 0.3) is 5.91 Å². The second-order valence-electron chi connectivity index (χ2n) is 4.73. The van der Waals surface area contributed by atoms with Crippen LogP contribution in [-0.4, -0.2) is 12.5 Å². The van der Waals surface area contributed by atoms with E-state index in [9.17, 15) is 4.79 Å². The number of para-hydroxylation sites is 2. The normalized spacial score (nSPS) is 16.4. The molecule has 2 N–H and O–H groups in total. The summed E-state index contributed by atoms with van der Waals surface area (Å²) >= 11 is 0. The lowest BCUT2D eigenvalue weighted by Crippen LogP contribution is -2.38. The summed E-state index contributed by atoms with van der Waals surface area (Å²) in [6, 6.07) is 15.1. The molecule has 0 bridgehead atoms. The van der Waals surface area contributed by atoms with Crippen molar-refractivity contribution in [2.24, 2.45) is 0 Å². The molecule has 1 unspecified atom stereocenters. The summed E-state index contributed by atoms with van der Waals surface area (Å²) in [5.41, 5.74) is 2.37. The van der Waals surface area contributed by atoms with E-state index in [1.807, 2.05) is 42.5 Å². The fourth-order valence-corrected chi connectivity index (χ4v) is 2.36. The monoisotopic (exact) mass is 280 g/mol. The molecular weight excluding hydrogens is 264 g/mol. The van der Waals surface area contributed by atoms with E-state index in [4.69, 9.17) is 4.74 Å². The van der Waals surface area contributed by atoms with Crippen LogP contribution in [0.15, 0.2) is 61.2 Å². The number of anilines is 1. The Morgan fingerprint density at radius 3 is 2.71 bits per heavy atom. The number of amides is 1. The van der Waals surface area contributed by atoms with Crippen molar-refractivity contribution in [3.63, 3.8) is 0 Å². The number of ether oxygens (including phenoxy) is 1. The van der Waals surface area contributed by atoms with E-state index in [1.165, 1.54) is 0 Å². The standard InChI is InChI=1S/C17H16N2O2/c1-2-11-21-15-10-6-4-8-13(15)16-18-14-9-5-3-7-12(14)17(20)19-16/h2-10,16,18H,1,11H2,(H,19,20). The molecule has 3 rings (SSSR count). The first-order chi connectivity index (χ1) is 10.3. The van der Waals surface area contributed by atoms with Crippen molar-refractivity contribution in [3.8, 4) is 5.75 Å². The molecule has 0 fully saturated rings. The minimum absolute atomic E-state index is 0.0899. The molecule has 21 heavy (non-hydrogen) atoms. The maximum atomic E-state index is 12.2.